The number of nitrogens with zero attached hydrogens (tertiary/aromatic N) is 1. The molecule has 0 saturated carbocycles. The number of carbonyl (C=O) groups excluding carboxylic acids is 2. The van der Waals surface area contributed by atoms with Crippen LogP contribution in [-0.4, -0.2) is 56.4 Å². The van der Waals surface area contributed by atoms with Crippen LogP contribution in [0, 0.1) is 0 Å². The highest BCUT2D eigenvalue weighted by molar-refractivity contribution is 7.91. The van der Waals surface area contributed by atoms with Gasteiger partial charge in [0, 0.05) is 12.6 Å². The summed E-state index contributed by atoms with van der Waals surface area (Å²) >= 11 is 12.1. The van der Waals surface area contributed by atoms with Crippen LogP contribution < -0.4 is 10.6 Å². The van der Waals surface area contributed by atoms with Gasteiger partial charge in [-0.3, -0.25) is 15.0 Å². The van der Waals surface area contributed by atoms with Gasteiger partial charge in [-0.05, 0) is 25.1 Å². The van der Waals surface area contributed by atoms with E-state index in [1.807, 2.05) is 0 Å². The van der Waals surface area contributed by atoms with Crippen LogP contribution in [-0.2, 0) is 21.2 Å². The summed E-state index contributed by atoms with van der Waals surface area (Å²) in [5, 5.41) is 5.55. The maximum absolute atomic E-state index is 11.9. The van der Waals surface area contributed by atoms with Gasteiger partial charge in [-0.25, -0.2) is 13.2 Å². The van der Waals surface area contributed by atoms with Gasteiger partial charge in [-0.1, -0.05) is 35.3 Å². The van der Waals surface area contributed by atoms with E-state index in [9.17, 15) is 18.0 Å². The number of hydrogen-bond donors (Lipinski definition) is 2. The molecular formula is C15H19Cl2N3O4S. The first-order valence-corrected chi connectivity index (χ1v) is 10.2. The Bertz CT molecular complexity index is 770. The zero-order valence-electron chi connectivity index (χ0n) is 13.6. The molecule has 25 heavy (non-hydrogen) atoms. The van der Waals surface area contributed by atoms with E-state index in [1.165, 1.54) is 0 Å². The van der Waals surface area contributed by atoms with Crippen molar-refractivity contribution in [2.45, 2.75) is 19.0 Å². The van der Waals surface area contributed by atoms with Crippen molar-refractivity contribution < 1.29 is 18.0 Å². The van der Waals surface area contributed by atoms with E-state index in [4.69, 9.17) is 23.2 Å². The van der Waals surface area contributed by atoms with E-state index < -0.39 is 27.8 Å². The van der Waals surface area contributed by atoms with Gasteiger partial charge in [0.15, 0.2) is 9.84 Å². The van der Waals surface area contributed by atoms with E-state index >= 15 is 0 Å². The van der Waals surface area contributed by atoms with Gasteiger partial charge in [0.1, 0.15) is 0 Å². The van der Waals surface area contributed by atoms with Crippen molar-refractivity contribution >= 4 is 45.0 Å². The van der Waals surface area contributed by atoms with Crippen LogP contribution in [0.5, 0.6) is 0 Å². The number of nitrogens with one attached hydrogen (secondary N) is 2. The highest BCUT2D eigenvalue weighted by Gasteiger charge is 2.29. The molecule has 1 saturated heterocycles. The molecule has 0 spiro atoms. The second-order valence-electron chi connectivity index (χ2n) is 6.01. The number of urea groups is 1. The fourth-order valence-electron chi connectivity index (χ4n) is 2.56. The minimum Gasteiger partial charge on any atom is -0.334 e. The van der Waals surface area contributed by atoms with Crippen LogP contribution in [0.2, 0.25) is 10.0 Å². The van der Waals surface area contributed by atoms with E-state index in [2.05, 4.69) is 10.6 Å². The topological polar surface area (TPSA) is 95.6 Å². The monoisotopic (exact) mass is 407 g/mol. The molecule has 10 heteroatoms. The summed E-state index contributed by atoms with van der Waals surface area (Å²) in [5.41, 5.74) is 0.769. The van der Waals surface area contributed by atoms with Gasteiger partial charge in [0.2, 0.25) is 5.91 Å². The van der Waals surface area contributed by atoms with Gasteiger partial charge in [-0.15, -0.1) is 0 Å². The van der Waals surface area contributed by atoms with E-state index in [0.29, 0.717) is 23.0 Å². The van der Waals surface area contributed by atoms with E-state index in [1.54, 1.807) is 30.1 Å². The molecule has 1 aliphatic heterocycles. The zero-order chi connectivity index (χ0) is 18.6. The number of carbonyl (C=O) groups is 2. The minimum atomic E-state index is -3.09. The fraction of sp³-hybridized carbons (Fsp3) is 0.467. The first kappa shape index (κ1) is 20.0. The lowest BCUT2D eigenvalue weighted by molar-refractivity contribution is -0.121. The van der Waals surface area contributed by atoms with Crippen LogP contribution in [0.1, 0.15) is 12.0 Å². The maximum atomic E-state index is 11.9. The normalized spacial score (nSPS) is 19.0. The molecule has 1 aromatic rings. The van der Waals surface area contributed by atoms with Crippen molar-refractivity contribution in [2.75, 3.05) is 25.1 Å². The number of benzene rings is 1. The van der Waals surface area contributed by atoms with Crippen LogP contribution in [0.25, 0.3) is 0 Å². The van der Waals surface area contributed by atoms with Gasteiger partial charge in [0.05, 0.1) is 28.1 Å². The average Bonchev–Trinajstić information content (AvgIpc) is 2.82. The molecule has 0 bridgehead atoms. The fourth-order valence-corrected chi connectivity index (χ4v) is 4.61. The summed E-state index contributed by atoms with van der Waals surface area (Å²) in [6.07, 6.45) is 0.358. The third-order valence-electron chi connectivity index (χ3n) is 3.71. The summed E-state index contributed by atoms with van der Waals surface area (Å²) in [7, 11) is -1.38. The molecule has 1 aromatic carbocycles. The van der Waals surface area contributed by atoms with Gasteiger partial charge in [-0.2, -0.15) is 0 Å². The molecular weight excluding hydrogens is 389 g/mol. The van der Waals surface area contributed by atoms with Crippen molar-refractivity contribution in [2.24, 2.45) is 0 Å². The molecule has 1 fully saturated rings. The Morgan fingerprint density at radius 3 is 2.68 bits per heavy atom. The number of sulfone groups is 1. The first-order valence-electron chi connectivity index (χ1n) is 7.58. The summed E-state index contributed by atoms with van der Waals surface area (Å²) in [5.74, 6) is -0.546. The Balaban J connectivity index is 1.79. The number of likely N-dealkylation sites (N-methyl/N-ethyl adjacent to an activating group) is 1. The third-order valence-corrected chi connectivity index (χ3v) is 6.33. The molecule has 1 unspecified atom stereocenters. The van der Waals surface area contributed by atoms with Gasteiger partial charge in [0.25, 0.3) is 0 Å². The minimum absolute atomic E-state index is 0.0285. The summed E-state index contributed by atoms with van der Waals surface area (Å²) < 4.78 is 22.7. The Labute approximate surface area is 156 Å². The molecule has 0 aromatic heterocycles. The standard InChI is InChI=1S/C15H19Cl2N3O4S/c1-20(7-10-3-2-4-12(16)14(10)17)8-13(21)19-15(22)18-11-5-6-25(23,24)9-11/h2-4,11H,5-9H2,1H3,(H2,18,19,21,22). The second kappa shape index (κ2) is 8.35. The Hall–Kier alpha value is -1.35. The number of hydrogen-bond acceptors (Lipinski definition) is 5. The zero-order valence-corrected chi connectivity index (χ0v) is 15.9. The molecule has 1 aliphatic rings. The lowest BCUT2D eigenvalue weighted by Crippen LogP contribution is -2.47. The van der Waals surface area contributed by atoms with E-state index in [-0.39, 0.29) is 18.1 Å². The third kappa shape index (κ3) is 6.14. The molecule has 0 radical (unpaired) electrons. The van der Waals surface area contributed by atoms with Crippen molar-refractivity contribution in [3.05, 3.63) is 33.8 Å². The Kier molecular flexibility index (Phi) is 6.67. The summed E-state index contributed by atoms with van der Waals surface area (Å²) in [4.78, 5) is 25.4. The predicted molar refractivity (Wildman–Crippen MR) is 96.5 cm³/mol. The summed E-state index contributed by atoms with van der Waals surface area (Å²) in [6, 6.07) is 4.09. The van der Waals surface area contributed by atoms with Crippen LogP contribution in [0.15, 0.2) is 18.2 Å². The van der Waals surface area contributed by atoms with Crippen LogP contribution in [0.4, 0.5) is 4.79 Å². The first-order chi connectivity index (χ1) is 11.7. The molecule has 138 valence electrons. The van der Waals surface area contributed by atoms with Gasteiger partial charge < -0.3 is 5.32 Å². The van der Waals surface area contributed by atoms with Crippen LogP contribution in [0.3, 0.4) is 0 Å². The molecule has 0 aliphatic carbocycles. The SMILES string of the molecule is CN(CC(=O)NC(=O)NC1CCS(=O)(=O)C1)Cc1cccc(Cl)c1Cl. The largest absolute Gasteiger partial charge is 0.334 e. The smallest absolute Gasteiger partial charge is 0.321 e. The van der Waals surface area contributed by atoms with Crippen molar-refractivity contribution in [3.63, 3.8) is 0 Å². The van der Waals surface area contributed by atoms with Crippen LogP contribution >= 0.6 is 23.2 Å². The highest BCUT2D eigenvalue weighted by Crippen LogP contribution is 2.26. The molecule has 7 nitrogen and oxygen atoms in total. The van der Waals surface area contributed by atoms with E-state index in [0.717, 1.165) is 5.56 Å². The van der Waals surface area contributed by atoms with Crippen molar-refractivity contribution in [1.29, 1.82) is 0 Å². The lowest BCUT2D eigenvalue weighted by atomic mass is 10.2. The van der Waals surface area contributed by atoms with Crippen molar-refractivity contribution in [3.8, 4) is 0 Å². The molecule has 1 atom stereocenters. The maximum Gasteiger partial charge on any atom is 0.321 e. The van der Waals surface area contributed by atoms with Gasteiger partial charge >= 0.3 is 6.03 Å². The average molecular weight is 408 g/mol. The molecule has 3 amide bonds. The quantitative estimate of drug-likeness (QED) is 0.769. The lowest BCUT2D eigenvalue weighted by Gasteiger charge is -2.18. The number of halogens is 2. The van der Waals surface area contributed by atoms with Crippen molar-refractivity contribution in [1.82, 2.24) is 15.5 Å². The summed E-state index contributed by atoms with van der Waals surface area (Å²) in [6.45, 7) is 0.356. The molecule has 2 rings (SSSR count). The molecule has 1 heterocycles. The Morgan fingerprint density at radius 2 is 2.04 bits per heavy atom. The number of rotatable bonds is 5. The number of amides is 3. The molecule has 2 N–H and O–H groups in total. The number of imide groups is 1. The highest BCUT2D eigenvalue weighted by atomic mass is 35.5. The Morgan fingerprint density at radius 1 is 1.32 bits per heavy atom. The second-order valence-corrected chi connectivity index (χ2v) is 9.02. The predicted octanol–water partition coefficient (Wildman–Crippen LogP) is 1.44.